The summed E-state index contributed by atoms with van der Waals surface area (Å²) in [4.78, 5) is 26.2. The van der Waals surface area contributed by atoms with E-state index in [4.69, 9.17) is 10.00 Å². The van der Waals surface area contributed by atoms with Crippen LogP contribution in [0.5, 0.6) is 0 Å². The summed E-state index contributed by atoms with van der Waals surface area (Å²) < 4.78 is 4.72. The Labute approximate surface area is 115 Å². The Morgan fingerprint density at radius 2 is 2.00 bits per heavy atom. The molecule has 1 heterocycles. The zero-order valence-electron chi connectivity index (χ0n) is 11.1. The van der Waals surface area contributed by atoms with Gasteiger partial charge in [0.15, 0.2) is 0 Å². The highest BCUT2D eigenvalue weighted by Crippen LogP contribution is 2.26. The minimum atomic E-state index is -0.512. The van der Waals surface area contributed by atoms with Gasteiger partial charge in [-0.2, -0.15) is 5.26 Å². The van der Waals surface area contributed by atoms with E-state index >= 15 is 0 Å². The molecule has 0 aliphatic carbocycles. The normalized spacial score (nSPS) is 9.85. The molecule has 100 valence electrons. The fraction of sp³-hybridized carbons (Fsp3) is 0.133. The molecule has 2 rings (SSSR count). The molecule has 0 unspecified atom stereocenters. The Hall–Kier alpha value is -2.87. The van der Waals surface area contributed by atoms with Crippen molar-refractivity contribution in [1.82, 2.24) is 4.98 Å². The van der Waals surface area contributed by atoms with E-state index in [0.717, 1.165) is 0 Å². The fourth-order valence-electron chi connectivity index (χ4n) is 2.02. The predicted octanol–water partition coefficient (Wildman–Crippen LogP) is 2.01. The Bertz CT molecular complexity index is 769. The van der Waals surface area contributed by atoms with Gasteiger partial charge in [-0.15, -0.1) is 0 Å². The van der Waals surface area contributed by atoms with Crippen LogP contribution in [0.25, 0.3) is 11.1 Å². The largest absolute Gasteiger partial charge is 0.465 e. The van der Waals surface area contributed by atoms with Gasteiger partial charge in [-0.1, -0.05) is 18.2 Å². The van der Waals surface area contributed by atoms with Crippen LogP contribution in [0.3, 0.4) is 0 Å². The molecule has 1 aromatic carbocycles. The van der Waals surface area contributed by atoms with Gasteiger partial charge in [0.25, 0.3) is 5.56 Å². The van der Waals surface area contributed by atoms with Crippen molar-refractivity contribution in [2.45, 2.75) is 6.92 Å². The van der Waals surface area contributed by atoms with Gasteiger partial charge in [-0.05, 0) is 24.6 Å². The van der Waals surface area contributed by atoms with Gasteiger partial charge >= 0.3 is 5.97 Å². The number of aromatic nitrogens is 1. The third-order valence-electron chi connectivity index (χ3n) is 2.90. The van der Waals surface area contributed by atoms with Crippen molar-refractivity contribution in [3.63, 3.8) is 0 Å². The summed E-state index contributed by atoms with van der Waals surface area (Å²) >= 11 is 0. The second-order valence-corrected chi connectivity index (χ2v) is 4.22. The molecular formula is C15H12N2O3. The maximum Gasteiger partial charge on any atom is 0.338 e. The number of esters is 1. The average molecular weight is 268 g/mol. The summed E-state index contributed by atoms with van der Waals surface area (Å²) in [5.74, 6) is -0.512. The van der Waals surface area contributed by atoms with Crippen LogP contribution < -0.4 is 5.56 Å². The Morgan fingerprint density at radius 3 is 2.65 bits per heavy atom. The second kappa shape index (κ2) is 5.41. The number of carbonyl (C=O) groups excluding carboxylic acids is 1. The van der Waals surface area contributed by atoms with Crippen molar-refractivity contribution in [3.05, 3.63) is 57.5 Å². The van der Waals surface area contributed by atoms with Gasteiger partial charge in [-0.3, -0.25) is 4.79 Å². The zero-order valence-corrected chi connectivity index (χ0v) is 11.1. The Balaban J connectivity index is 2.79. The van der Waals surface area contributed by atoms with Crippen molar-refractivity contribution in [2.75, 3.05) is 7.11 Å². The lowest BCUT2D eigenvalue weighted by Gasteiger charge is -2.09. The number of aromatic amines is 1. The number of benzene rings is 1. The number of aryl methyl sites for hydroxylation is 1. The first-order chi connectivity index (χ1) is 9.58. The van der Waals surface area contributed by atoms with Crippen LogP contribution in [0, 0.1) is 18.3 Å². The van der Waals surface area contributed by atoms with E-state index in [0.29, 0.717) is 22.4 Å². The quantitative estimate of drug-likeness (QED) is 0.844. The van der Waals surface area contributed by atoms with Crippen LogP contribution in [-0.4, -0.2) is 18.1 Å². The molecule has 5 nitrogen and oxygen atoms in total. The first-order valence-corrected chi connectivity index (χ1v) is 5.90. The SMILES string of the molecule is COC(=O)c1ccccc1-c1cc(C)[nH]c(=O)c1C#N. The molecule has 0 fully saturated rings. The van der Waals surface area contributed by atoms with E-state index in [2.05, 4.69) is 4.98 Å². The number of methoxy groups -OCH3 is 1. The van der Waals surface area contributed by atoms with Crippen LogP contribution in [0.15, 0.2) is 35.1 Å². The minimum Gasteiger partial charge on any atom is -0.465 e. The van der Waals surface area contributed by atoms with E-state index in [1.807, 2.05) is 6.07 Å². The lowest BCUT2D eigenvalue weighted by molar-refractivity contribution is 0.0601. The van der Waals surface area contributed by atoms with Crippen molar-refractivity contribution >= 4 is 5.97 Å². The molecule has 1 N–H and O–H groups in total. The fourth-order valence-corrected chi connectivity index (χ4v) is 2.02. The highest BCUT2D eigenvalue weighted by Gasteiger charge is 2.17. The van der Waals surface area contributed by atoms with Crippen LogP contribution in [-0.2, 0) is 4.74 Å². The van der Waals surface area contributed by atoms with Gasteiger partial charge in [0, 0.05) is 11.3 Å². The van der Waals surface area contributed by atoms with Crippen molar-refractivity contribution in [3.8, 4) is 17.2 Å². The number of ether oxygens (including phenoxy) is 1. The molecule has 0 aliphatic rings. The monoisotopic (exact) mass is 268 g/mol. The molecule has 0 amide bonds. The van der Waals surface area contributed by atoms with E-state index in [-0.39, 0.29) is 5.56 Å². The van der Waals surface area contributed by atoms with Crippen molar-refractivity contribution < 1.29 is 9.53 Å². The number of nitriles is 1. The summed E-state index contributed by atoms with van der Waals surface area (Å²) in [6.45, 7) is 1.72. The number of H-pyrrole nitrogens is 1. The van der Waals surface area contributed by atoms with Gasteiger partial charge in [0.1, 0.15) is 11.6 Å². The molecule has 2 aromatic rings. The minimum absolute atomic E-state index is 0.0213. The maximum absolute atomic E-state index is 11.8. The van der Waals surface area contributed by atoms with Gasteiger partial charge in [0.05, 0.1) is 12.7 Å². The van der Waals surface area contributed by atoms with Gasteiger partial charge in [0.2, 0.25) is 0 Å². The van der Waals surface area contributed by atoms with E-state index in [1.54, 1.807) is 37.3 Å². The lowest BCUT2D eigenvalue weighted by atomic mass is 9.96. The summed E-state index contributed by atoms with van der Waals surface area (Å²) in [5.41, 5.74) is 1.37. The third-order valence-corrected chi connectivity index (χ3v) is 2.90. The summed E-state index contributed by atoms with van der Waals surface area (Å²) in [6.07, 6.45) is 0. The third kappa shape index (κ3) is 2.31. The molecule has 20 heavy (non-hydrogen) atoms. The summed E-state index contributed by atoms with van der Waals surface area (Å²) in [5, 5.41) is 9.15. The smallest absolute Gasteiger partial charge is 0.338 e. The first kappa shape index (κ1) is 13.6. The van der Waals surface area contributed by atoms with Crippen LogP contribution in [0.1, 0.15) is 21.6 Å². The molecule has 1 aromatic heterocycles. The molecule has 0 radical (unpaired) electrons. The topological polar surface area (TPSA) is 83.0 Å². The standard InChI is InChI=1S/C15H12N2O3/c1-9-7-12(13(8-16)14(18)17-9)10-5-3-4-6-11(10)15(19)20-2/h3-7H,1-2H3,(H,17,18). The number of pyridine rings is 1. The molecule has 5 heteroatoms. The predicted molar refractivity (Wildman–Crippen MR) is 73.3 cm³/mol. The number of nitrogens with one attached hydrogen (secondary N) is 1. The molecule has 0 saturated carbocycles. The van der Waals surface area contributed by atoms with E-state index in [9.17, 15) is 9.59 Å². The highest BCUT2D eigenvalue weighted by atomic mass is 16.5. The number of hydrogen-bond donors (Lipinski definition) is 1. The van der Waals surface area contributed by atoms with Crippen LogP contribution >= 0.6 is 0 Å². The number of nitrogens with zero attached hydrogens (tertiary/aromatic N) is 1. The molecule has 0 spiro atoms. The van der Waals surface area contributed by atoms with Gasteiger partial charge < -0.3 is 9.72 Å². The lowest BCUT2D eigenvalue weighted by Crippen LogP contribution is -2.14. The molecule has 0 saturated heterocycles. The number of carbonyl (C=O) groups is 1. The second-order valence-electron chi connectivity index (χ2n) is 4.22. The highest BCUT2D eigenvalue weighted by molar-refractivity contribution is 5.97. The van der Waals surface area contributed by atoms with Crippen LogP contribution in [0.2, 0.25) is 0 Å². The molecular weight excluding hydrogens is 256 g/mol. The van der Waals surface area contributed by atoms with Crippen molar-refractivity contribution in [1.29, 1.82) is 5.26 Å². The first-order valence-electron chi connectivity index (χ1n) is 5.90. The average Bonchev–Trinajstić information content (AvgIpc) is 2.45. The number of rotatable bonds is 2. The number of hydrogen-bond acceptors (Lipinski definition) is 4. The molecule has 0 atom stereocenters. The van der Waals surface area contributed by atoms with Crippen molar-refractivity contribution in [2.24, 2.45) is 0 Å². The van der Waals surface area contributed by atoms with E-state index in [1.165, 1.54) is 7.11 Å². The summed E-state index contributed by atoms with van der Waals surface area (Å²) in [6, 6.07) is 10.3. The maximum atomic E-state index is 11.8. The zero-order chi connectivity index (χ0) is 14.7. The Kier molecular flexibility index (Phi) is 3.67. The molecule has 0 aliphatic heterocycles. The van der Waals surface area contributed by atoms with Gasteiger partial charge in [-0.25, -0.2) is 4.79 Å². The van der Waals surface area contributed by atoms with E-state index < -0.39 is 11.5 Å². The summed E-state index contributed by atoms with van der Waals surface area (Å²) in [7, 11) is 1.29. The Morgan fingerprint density at radius 1 is 1.30 bits per heavy atom. The molecule has 0 bridgehead atoms. The van der Waals surface area contributed by atoms with Crippen LogP contribution in [0.4, 0.5) is 0 Å².